The van der Waals surface area contributed by atoms with Gasteiger partial charge in [-0.05, 0) is 97.5 Å². The van der Waals surface area contributed by atoms with Crippen LogP contribution < -0.4 is 10.6 Å². The van der Waals surface area contributed by atoms with Gasteiger partial charge in [0, 0.05) is 30.2 Å². The Bertz CT molecular complexity index is 626. The molecule has 0 saturated carbocycles. The Morgan fingerprint density at radius 2 is 1.68 bits per heavy atom. The zero-order chi connectivity index (χ0) is 20.9. The minimum atomic E-state index is -0.206. The van der Waals surface area contributed by atoms with E-state index in [-0.39, 0.29) is 16.9 Å². The first-order valence-electron chi connectivity index (χ1n) is 10.2. The van der Waals surface area contributed by atoms with Crippen molar-refractivity contribution in [3.63, 3.8) is 0 Å². The number of halogens is 1. The molecule has 0 aromatic heterocycles. The van der Waals surface area contributed by atoms with Crippen LogP contribution in [0.25, 0.3) is 0 Å². The number of nitrogens with zero attached hydrogens (tertiary/aromatic N) is 2. The van der Waals surface area contributed by atoms with E-state index in [9.17, 15) is 4.39 Å². The van der Waals surface area contributed by atoms with Crippen molar-refractivity contribution in [1.29, 1.82) is 0 Å². The summed E-state index contributed by atoms with van der Waals surface area (Å²) < 4.78 is 13.3. The van der Waals surface area contributed by atoms with Crippen LogP contribution in [0, 0.1) is 5.82 Å². The highest BCUT2D eigenvalue weighted by Gasteiger charge is 2.38. The molecule has 4 nitrogen and oxygen atoms in total. The molecular formula is C22H37FN4S. The molecule has 6 heteroatoms. The number of benzene rings is 1. The van der Waals surface area contributed by atoms with Crippen molar-refractivity contribution in [2.75, 3.05) is 27.2 Å². The average molecular weight is 409 g/mol. The van der Waals surface area contributed by atoms with Crippen LogP contribution >= 0.6 is 12.2 Å². The third-order valence-electron chi connectivity index (χ3n) is 5.13. The van der Waals surface area contributed by atoms with Crippen LogP contribution in [0.1, 0.15) is 52.5 Å². The minimum Gasteiger partial charge on any atom is -0.360 e. The van der Waals surface area contributed by atoms with Gasteiger partial charge in [-0.15, -0.1) is 0 Å². The van der Waals surface area contributed by atoms with Crippen LogP contribution in [-0.4, -0.2) is 59.2 Å². The molecule has 1 fully saturated rings. The summed E-state index contributed by atoms with van der Waals surface area (Å²) >= 11 is 5.82. The molecule has 1 heterocycles. The molecule has 0 atom stereocenters. The van der Waals surface area contributed by atoms with Gasteiger partial charge in [-0.1, -0.05) is 12.1 Å². The van der Waals surface area contributed by atoms with Crippen LogP contribution in [0.5, 0.6) is 0 Å². The predicted molar refractivity (Wildman–Crippen MR) is 120 cm³/mol. The Morgan fingerprint density at radius 3 is 2.21 bits per heavy atom. The fraction of sp³-hybridized carbons (Fsp3) is 0.682. The summed E-state index contributed by atoms with van der Waals surface area (Å²) in [4.78, 5) is 4.40. The molecule has 158 valence electrons. The number of thiocarbonyl (C=S) groups is 1. The third kappa shape index (κ3) is 7.64. The van der Waals surface area contributed by atoms with Gasteiger partial charge in [0.15, 0.2) is 5.11 Å². The average Bonchev–Trinajstić information content (AvgIpc) is 2.52. The smallest absolute Gasteiger partial charge is 0.169 e. The molecule has 1 aromatic rings. The SMILES string of the molecule is CN(C)CCCN(Cc1ccc(F)cc1)C(=S)NC1CC(C)(C)NC(C)(C)C1. The molecule has 2 N–H and O–H groups in total. The molecule has 1 aliphatic rings. The van der Waals surface area contributed by atoms with Crippen molar-refractivity contribution < 1.29 is 4.39 Å². The van der Waals surface area contributed by atoms with E-state index < -0.39 is 0 Å². The van der Waals surface area contributed by atoms with Crippen molar-refractivity contribution >= 4 is 17.3 Å². The molecule has 0 bridgehead atoms. The van der Waals surface area contributed by atoms with E-state index in [1.165, 1.54) is 12.1 Å². The lowest BCUT2D eigenvalue weighted by atomic mass is 9.80. The van der Waals surface area contributed by atoms with Crippen molar-refractivity contribution in [1.82, 2.24) is 20.4 Å². The van der Waals surface area contributed by atoms with Gasteiger partial charge in [-0.3, -0.25) is 0 Å². The lowest BCUT2D eigenvalue weighted by Crippen LogP contribution is -2.62. The van der Waals surface area contributed by atoms with Crippen molar-refractivity contribution in [2.24, 2.45) is 0 Å². The van der Waals surface area contributed by atoms with Crippen molar-refractivity contribution in [3.8, 4) is 0 Å². The van der Waals surface area contributed by atoms with Gasteiger partial charge >= 0.3 is 0 Å². The quantitative estimate of drug-likeness (QED) is 0.671. The zero-order valence-corrected chi connectivity index (χ0v) is 19.1. The van der Waals surface area contributed by atoms with Crippen molar-refractivity contribution in [2.45, 2.75) is 70.6 Å². The second kappa shape index (κ2) is 9.51. The standard InChI is InChI=1S/C22H37FN4S/c1-21(2)14-19(15-22(3,4)25-21)24-20(28)27(13-7-12-26(5)6)16-17-8-10-18(23)11-9-17/h8-11,19,25H,7,12-16H2,1-6H3,(H,24,28). The van der Waals surface area contributed by atoms with Gasteiger partial charge in [-0.25, -0.2) is 4.39 Å². The van der Waals surface area contributed by atoms with Gasteiger partial charge in [0.1, 0.15) is 5.82 Å². The summed E-state index contributed by atoms with van der Waals surface area (Å²) in [5.74, 6) is -0.206. The first-order chi connectivity index (χ1) is 13.0. The second-order valence-corrected chi connectivity index (χ2v) is 10.0. The Kier molecular flexibility index (Phi) is 7.82. The van der Waals surface area contributed by atoms with Crippen LogP contribution in [0.4, 0.5) is 4.39 Å². The summed E-state index contributed by atoms with van der Waals surface area (Å²) in [6, 6.07) is 7.05. The Labute approximate surface area is 175 Å². The normalized spacial score (nSPS) is 18.9. The lowest BCUT2D eigenvalue weighted by Gasteiger charge is -2.47. The van der Waals surface area contributed by atoms with E-state index in [1.54, 1.807) is 0 Å². The third-order valence-corrected chi connectivity index (χ3v) is 5.50. The van der Waals surface area contributed by atoms with Gasteiger partial charge in [0.2, 0.25) is 0 Å². The first kappa shape index (κ1) is 23.0. The van der Waals surface area contributed by atoms with Crippen LogP contribution in [0.2, 0.25) is 0 Å². The van der Waals surface area contributed by atoms with Crippen LogP contribution in [0.15, 0.2) is 24.3 Å². The number of hydrogen-bond donors (Lipinski definition) is 2. The van der Waals surface area contributed by atoms with Crippen molar-refractivity contribution in [3.05, 3.63) is 35.6 Å². The maximum atomic E-state index is 13.3. The maximum Gasteiger partial charge on any atom is 0.169 e. The second-order valence-electron chi connectivity index (χ2n) is 9.65. The molecule has 2 rings (SSSR count). The highest BCUT2D eigenvalue weighted by molar-refractivity contribution is 7.80. The van der Waals surface area contributed by atoms with Gasteiger partial charge in [0.25, 0.3) is 0 Å². The van der Waals surface area contributed by atoms with Gasteiger partial charge in [0.05, 0.1) is 0 Å². The van der Waals surface area contributed by atoms with E-state index >= 15 is 0 Å². The zero-order valence-electron chi connectivity index (χ0n) is 18.3. The molecule has 28 heavy (non-hydrogen) atoms. The van der Waals surface area contributed by atoms with Gasteiger partial charge < -0.3 is 20.4 Å². The molecular weight excluding hydrogens is 371 g/mol. The molecule has 1 aliphatic heterocycles. The summed E-state index contributed by atoms with van der Waals surface area (Å²) in [6.07, 6.45) is 3.08. The molecule has 0 radical (unpaired) electrons. The van der Waals surface area contributed by atoms with Gasteiger partial charge in [-0.2, -0.15) is 0 Å². The van der Waals surface area contributed by atoms with E-state index in [1.807, 2.05) is 12.1 Å². The summed E-state index contributed by atoms with van der Waals surface area (Å²) in [6.45, 7) is 11.6. The van der Waals surface area contributed by atoms with Crippen LogP contribution in [0.3, 0.4) is 0 Å². The Hall–Kier alpha value is -1.24. The minimum absolute atomic E-state index is 0.0712. The molecule has 0 aliphatic carbocycles. The van der Waals surface area contributed by atoms with E-state index in [0.717, 1.165) is 43.0 Å². The highest BCUT2D eigenvalue weighted by Crippen LogP contribution is 2.28. The fourth-order valence-corrected chi connectivity index (χ4v) is 4.65. The monoisotopic (exact) mass is 408 g/mol. The number of piperidine rings is 1. The fourth-order valence-electron chi connectivity index (χ4n) is 4.33. The largest absolute Gasteiger partial charge is 0.360 e. The number of nitrogens with one attached hydrogen (secondary N) is 2. The number of hydrogen-bond acceptors (Lipinski definition) is 3. The molecule has 0 amide bonds. The van der Waals surface area contributed by atoms with Crippen LogP contribution in [-0.2, 0) is 6.54 Å². The van der Waals surface area contributed by atoms with E-state index in [0.29, 0.717) is 12.6 Å². The maximum absolute atomic E-state index is 13.3. The Balaban J connectivity index is 2.05. The summed E-state index contributed by atoms with van der Waals surface area (Å²) in [5, 5.41) is 8.14. The first-order valence-corrected chi connectivity index (χ1v) is 10.6. The topological polar surface area (TPSA) is 30.5 Å². The molecule has 1 saturated heterocycles. The molecule has 1 aromatic carbocycles. The van der Waals surface area contributed by atoms with E-state index in [4.69, 9.17) is 12.2 Å². The molecule has 0 spiro atoms. The lowest BCUT2D eigenvalue weighted by molar-refractivity contribution is 0.153. The number of rotatable bonds is 7. The predicted octanol–water partition coefficient (Wildman–Crippen LogP) is 3.76. The molecule has 0 unspecified atom stereocenters. The summed E-state index contributed by atoms with van der Waals surface area (Å²) in [7, 11) is 4.17. The Morgan fingerprint density at radius 1 is 1.11 bits per heavy atom. The highest BCUT2D eigenvalue weighted by atomic mass is 32.1. The van der Waals surface area contributed by atoms with E-state index in [2.05, 4.69) is 62.2 Å². The summed E-state index contributed by atoms with van der Waals surface area (Å²) in [5.41, 5.74) is 1.21.